The largest absolute Gasteiger partial charge is 0.481 e. The summed E-state index contributed by atoms with van der Waals surface area (Å²) in [6.07, 6.45) is 0. The van der Waals surface area contributed by atoms with Crippen LogP contribution in [0.1, 0.15) is 23.6 Å². The molecular weight excluding hydrogens is 178 g/mol. The molecule has 3 nitrogen and oxygen atoms in total. The van der Waals surface area contributed by atoms with Gasteiger partial charge in [0.05, 0.1) is 0 Å². The summed E-state index contributed by atoms with van der Waals surface area (Å²) in [5.41, 5.74) is 10.4. The highest BCUT2D eigenvalue weighted by atomic mass is 16.4. The third-order valence-corrected chi connectivity index (χ3v) is 2.10. The standard InChI is InChI=1S/C9H13N.C2H4O2/c1-6-4-5-9(10)8(3)7(6)2;1-2(3)4/h4-5H,10H2,1-3H3;1H3,(H,3,4). The number of carboxylic acids is 1. The van der Waals surface area contributed by atoms with Gasteiger partial charge in [0.15, 0.2) is 0 Å². The highest BCUT2D eigenvalue weighted by Crippen LogP contribution is 2.17. The van der Waals surface area contributed by atoms with Gasteiger partial charge in [-0.1, -0.05) is 6.07 Å². The lowest BCUT2D eigenvalue weighted by atomic mass is 10.0. The molecule has 14 heavy (non-hydrogen) atoms. The summed E-state index contributed by atoms with van der Waals surface area (Å²) in [6.45, 7) is 7.33. The first kappa shape index (κ1) is 12.5. The molecule has 0 aliphatic heterocycles. The van der Waals surface area contributed by atoms with Crippen molar-refractivity contribution >= 4 is 11.7 Å². The fraction of sp³-hybridized carbons (Fsp3) is 0.364. The molecule has 0 aliphatic carbocycles. The van der Waals surface area contributed by atoms with Crippen molar-refractivity contribution in [2.24, 2.45) is 0 Å². The SMILES string of the molecule is CC(=O)O.Cc1ccc(N)c(C)c1C. The van der Waals surface area contributed by atoms with Crippen LogP contribution in [-0.4, -0.2) is 11.1 Å². The number of hydrogen-bond donors (Lipinski definition) is 2. The molecule has 0 fully saturated rings. The number of rotatable bonds is 0. The van der Waals surface area contributed by atoms with Gasteiger partial charge in [-0.2, -0.15) is 0 Å². The Morgan fingerprint density at radius 1 is 1.21 bits per heavy atom. The molecule has 0 bridgehead atoms. The van der Waals surface area contributed by atoms with E-state index < -0.39 is 5.97 Å². The van der Waals surface area contributed by atoms with Crippen LogP contribution in [0.15, 0.2) is 12.1 Å². The van der Waals surface area contributed by atoms with Crippen LogP contribution in [0, 0.1) is 20.8 Å². The Bertz CT molecular complexity index is 301. The van der Waals surface area contributed by atoms with Gasteiger partial charge in [-0.25, -0.2) is 0 Å². The van der Waals surface area contributed by atoms with Crippen molar-refractivity contribution in [2.45, 2.75) is 27.7 Å². The first-order valence-corrected chi connectivity index (χ1v) is 4.38. The Labute approximate surface area is 84.6 Å². The Hall–Kier alpha value is -1.51. The van der Waals surface area contributed by atoms with Crippen molar-refractivity contribution in [1.29, 1.82) is 0 Å². The van der Waals surface area contributed by atoms with Gasteiger partial charge in [0.25, 0.3) is 5.97 Å². The maximum absolute atomic E-state index is 9.00. The summed E-state index contributed by atoms with van der Waals surface area (Å²) >= 11 is 0. The van der Waals surface area contributed by atoms with E-state index in [-0.39, 0.29) is 0 Å². The van der Waals surface area contributed by atoms with E-state index in [0.29, 0.717) is 0 Å². The average molecular weight is 195 g/mol. The van der Waals surface area contributed by atoms with Crippen LogP contribution >= 0.6 is 0 Å². The molecule has 3 N–H and O–H groups in total. The number of nitrogens with two attached hydrogens (primary N) is 1. The summed E-state index contributed by atoms with van der Waals surface area (Å²) in [4.78, 5) is 9.00. The second kappa shape index (κ2) is 5.27. The number of carbonyl (C=O) groups is 1. The second-order valence-electron chi connectivity index (χ2n) is 3.24. The molecule has 78 valence electrons. The molecule has 3 heteroatoms. The summed E-state index contributed by atoms with van der Waals surface area (Å²) in [6, 6.07) is 4.01. The molecule has 0 saturated carbocycles. The van der Waals surface area contributed by atoms with Crippen LogP contribution in [0.5, 0.6) is 0 Å². The summed E-state index contributed by atoms with van der Waals surface area (Å²) in [5.74, 6) is -0.833. The molecule has 0 radical (unpaired) electrons. The zero-order valence-corrected chi connectivity index (χ0v) is 9.09. The third-order valence-electron chi connectivity index (χ3n) is 2.10. The lowest BCUT2D eigenvalue weighted by molar-refractivity contribution is -0.134. The minimum atomic E-state index is -0.833. The number of carboxylic acid groups (broad SMARTS) is 1. The fourth-order valence-electron chi connectivity index (χ4n) is 0.977. The Balaban J connectivity index is 0.000000364. The van der Waals surface area contributed by atoms with Crippen LogP contribution in [0.3, 0.4) is 0 Å². The smallest absolute Gasteiger partial charge is 0.300 e. The molecule has 0 amide bonds. The van der Waals surface area contributed by atoms with Crippen molar-refractivity contribution in [3.63, 3.8) is 0 Å². The molecule has 0 unspecified atom stereocenters. The van der Waals surface area contributed by atoms with Crippen molar-refractivity contribution in [3.05, 3.63) is 28.8 Å². The van der Waals surface area contributed by atoms with Crippen LogP contribution in [0.2, 0.25) is 0 Å². The second-order valence-corrected chi connectivity index (χ2v) is 3.24. The molecule has 0 aliphatic rings. The number of nitrogen functional groups attached to an aromatic ring is 1. The lowest BCUT2D eigenvalue weighted by Gasteiger charge is -2.05. The van der Waals surface area contributed by atoms with Crippen molar-refractivity contribution < 1.29 is 9.90 Å². The van der Waals surface area contributed by atoms with Gasteiger partial charge in [-0.15, -0.1) is 0 Å². The number of benzene rings is 1. The molecule has 0 aromatic heterocycles. The topological polar surface area (TPSA) is 63.3 Å². The highest BCUT2D eigenvalue weighted by Gasteiger charge is 1.98. The van der Waals surface area contributed by atoms with Crippen molar-refractivity contribution in [1.82, 2.24) is 0 Å². The Morgan fingerprint density at radius 2 is 1.64 bits per heavy atom. The van der Waals surface area contributed by atoms with Gasteiger partial charge >= 0.3 is 0 Å². The lowest BCUT2D eigenvalue weighted by Crippen LogP contribution is -1.93. The zero-order chi connectivity index (χ0) is 11.3. The first-order chi connectivity index (χ1) is 6.36. The highest BCUT2D eigenvalue weighted by molar-refractivity contribution is 5.62. The zero-order valence-electron chi connectivity index (χ0n) is 9.09. The minimum Gasteiger partial charge on any atom is -0.481 e. The molecule has 0 heterocycles. The number of aryl methyl sites for hydroxylation is 1. The van der Waals surface area contributed by atoms with Crippen LogP contribution in [-0.2, 0) is 4.79 Å². The van der Waals surface area contributed by atoms with E-state index in [2.05, 4.69) is 26.8 Å². The minimum absolute atomic E-state index is 0.833. The van der Waals surface area contributed by atoms with E-state index in [9.17, 15) is 0 Å². The van der Waals surface area contributed by atoms with Gasteiger partial charge in [-0.3, -0.25) is 4.79 Å². The van der Waals surface area contributed by atoms with Crippen LogP contribution in [0.25, 0.3) is 0 Å². The molecule has 1 aromatic carbocycles. The van der Waals surface area contributed by atoms with Gasteiger partial charge in [0, 0.05) is 12.6 Å². The Kier molecular flexibility index (Phi) is 4.70. The van der Waals surface area contributed by atoms with Gasteiger partial charge < -0.3 is 10.8 Å². The molecule has 1 aromatic rings. The normalized spacial score (nSPS) is 8.86. The summed E-state index contributed by atoms with van der Waals surface area (Å²) in [7, 11) is 0. The maximum Gasteiger partial charge on any atom is 0.300 e. The quantitative estimate of drug-likeness (QED) is 0.624. The van der Waals surface area contributed by atoms with E-state index in [1.54, 1.807) is 0 Å². The summed E-state index contributed by atoms with van der Waals surface area (Å²) in [5, 5.41) is 7.42. The van der Waals surface area contributed by atoms with Gasteiger partial charge in [0.1, 0.15) is 0 Å². The monoisotopic (exact) mass is 195 g/mol. The van der Waals surface area contributed by atoms with Crippen molar-refractivity contribution in [3.8, 4) is 0 Å². The predicted molar refractivity (Wildman–Crippen MR) is 58.4 cm³/mol. The van der Waals surface area contributed by atoms with Gasteiger partial charge in [0.2, 0.25) is 0 Å². The van der Waals surface area contributed by atoms with Crippen molar-refractivity contribution in [2.75, 3.05) is 5.73 Å². The molecule has 1 rings (SSSR count). The summed E-state index contributed by atoms with van der Waals surface area (Å²) < 4.78 is 0. The average Bonchev–Trinajstić information content (AvgIpc) is 2.07. The maximum atomic E-state index is 9.00. The molecular formula is C11H17NO2. The fourth-order valence-corrected chi connectivity index (χ4v) is 0.977. The predicted octanol–water partition coefficient (Wildman–Crippen LogP) is 2.28. The third kappa shape index (κ3) is 3.94. The van der Waals surface area contributed by atoms with E-state index >= 15 is 0 Å². The van der Waals surface area contributed by atoms with E-state index in [0.717, 1.165) is 12.6 Å². The van der Waals surface area contributed by atoms with E-state index in [4.69, 9.17) is 15.6 Å². The number of anilines is 1. The number of hydrogen-bond acceptors (Lipinski definition) is 2. The van der Waals surface area contributed by atoms with Gasteiger partial charge in [-0.05, 0) is 43.5 Å². The van der Waals surface area contributed by atoms with Crippen LogP contribution < -0.4 is 5.73 Å². The number of aliphatic carboxylic acids is 1. The molecule has 0 atom stereocenters. The van der Waals surface area contributed by atoms with Crippen LogP contribution in [0.4, 0.5) is 5.69 Å². The molecule has 0 saturated heterocycles. The van der Waals surface area contributed by atoms with E-state index in [1.165, 1.54) is 16.7 Å². The Morgan fingerprint density at radius 3 is 2.00 bits per heavy atom. The van der Waals surface area contributed by atoms with E-state index in [1.807, 2.05) is 6.07 Å². The first-order valence-electron chi connectivity index (χ1n) is 4.38. The molecule has 0 spiro atoms.